The second kappa shape index (κ2) is 6.06. The molecule has 19 heavy (non-hydrogen) atoms. The summed E-state index contributed by atoms with van der Waals surface area (Å²) in [6.07, 6.45) is 14.1. The first-order valence-electron chi connectivity index (χ1n) is 8.23. The van der Waals surface area contributed by atoms with Gasteiger partial charge in [-0.05, 0) is 37.0 Å². The lowest BCUT2D eigenvalue weighted by Gasteiger charge is -2.17. The fourth-order valence-corrected chi connectivity index (χ4v) is 4.18. The van der Waals surface area contributed by atoms with Crippen molar-refractivity contribution in [3.63, 3.8) is 0 Å². The van der Waals surface area contributed by atoms with Crippen molar-refractivity contribution in [3.8, 4) is 0 Å². The number of fused-ring (bicyclic) bond motifs is 4. The highest BCUT2D eigenvalue weighted by Gasteiger charge is 2.32. The minimum Gasteiger partial charge on any atom is -0.252 e. The van der Waals surface area contributed by atoms with Crippen LogP contribution in [0.15, 0.2) is 6.33 Å². The summed E-state index contributed by atoms with van der Waals surface area (Å²) in [6.45, 7) is 3.47. The van der Waals surface area contributed by atoms with Gasteiger partial charge in [0.05, 0.1) is 0 Å². The Labute approximate surface area is 116 Å². The van der Waals surface area contributed by atoms with Gasteiger partial charge in [0.2, 0.25) is 0 Å². The lowest BCUT2D eigenvalue weighted by atomic mass is 9.89. The first-order chi connectivity index (χ1) is 9.35. The summed E-state index contributed by atoms with van der Waals surface area (Å²) in [5, 5.41) is 4.65. The van der Waals surface area contributed by atoms with Crippen LogP contribution in [-0.4, -0.2) is 14.8 Å². The molecule has 3 rings (SSSR count). The van der Waals surface area contributed by atoms with Gasteiger partial charge in [-0.25, -0.2) is 4.98 Å². The van der Waals surface area contributed by atoms with E-state index in [1.54, 1.807) is 0 Å². The van der Waals surface area contributed by atoms with Gasteiger partial charge in [0.25, 0.3) is 0 Å². The molecule has 1 fully saturated rings. The largest absolute Gasteiger partial charge is 0.252 e. The standard InChI is InChI=1S/C16H27N3/c1-2-14-9-13-10-15(14)7-5-3-4-6-8-16-17-12-19(11-13)18-16/h12-15H,2-11H2,1H3. The Morgan fingerprint density at radius 1 is 1.21 bits per heavy atom. The van der Waals surface area contributed by atoms with Crippen LogP contribution >= 0.6 is 0 Å². The first kappa shape index (κ1) is 13.1. The monoisotopic (exact) mass is 261 g/mol. The third-order valence-corrected chi connectivity index (χ3v) is 5.22. The zero-order valence-electron chi connectivity index (χ0n) is 12.2. The molecule has 1 aromatic heterocycles. The first-order valence-corrected chi connectivity index (χ1v) is 8.23. The van der Waals surface area contributed by atoms with Gasteiger partial charge in [-0.15, -0.1) is 0 Å². The third-order valence-electron chi connectivity index (χ3n) is 5.22. The number of hydrogen-bond donors (Lipinski definition) is 0. The Balaban J connectivity index is 1.71. The summed E-state index contributed by atoms with van der Waals surface area (Å²) in [5.74, 6) is 3.85. The van der Waals surface area contributed by atoms with Gasteiger partial charge < -0.3 is 0 Å². The predicted octanol–water partition coefficient (Wildman–Crippen LogP) is 3.84. The molecule has 2 heterocycles. The number of hydrogen-bond acceptors (Lipinski definition) is 2. The van der Waals surface area contributed by atoms with Crippen molar-refractivity contribution in [2.75, 3.05) is 0 Å². The van der Waals surface area contributed by atoms with Crippen LogP contribution in [0.3, 0.4) is 0 Å². The van der Waals surface area contributed by atoms with Crippen molar-refractivity contribution in [1.82, 2.24) is 14.8 Å². The molecule has 0 N–H and O–H groups in total. The van der Waals surface area contributed by atoms with Crippen LogP contribution in [0.5, 0.6) is 0 Å². The van der Waals surface area contributed by atoms with E-state index in [1.807, 2.05) is 6.33 Å². The average Bonchev–Trinajstić information content (AvgIpc) is 3.01. The van der Waals surface area contributed by atoms with Crippen LogP contribution < -0.4 is 0 Å². The molecule has 2 aliphatic rings. The van der Waals surface area contributed by atoms with Crippen molar-refractivity contribution in [2.24, 2.45) is 17.8 Å². The van der Waals surface area contributed by atoms with E-state index in [0.29, 0.717) is 0 Å². The summed E-state index contributed by atoms with van der Waals surface area (Å²) in [4.78, 5) is 4.46. The topological polar surface area (TPSA) is 30.7 Å². The fraction of sp³-hybridized carbons (Fsp3) is 0.875. The van der Waals surface area contributed by atoms with Gasteiger partial charge in [-0.1, -0.05) is 39.0 Å². The molecule has 3 nitrogen and oxygen atoms in total. The third kappa shape index (κ3) is 3.18. The highest BCUT2D eigenvalue weighted by molar-refractivity contribution is 4.86. The zero-order chi connectivity index (χ0) is 13.1. The molecule has 3 unspecified atom stereocenters. The van der Waals surface area contributed by atoms with E-state index in [0.717, 1.165) is 36.5 Å². The maximum atomic E-state index is 4.65. The second-order valence-corrected chi connectivity index (χ2v) is 6.60. The molecule has 0 saturated heterocycles. The lowest BCUT2D eigenvalue weighted by Crippen LogP contribution is -2.09. The number of nitrogens with zero attached hydrogens (tertiary/aromatic N) is 3. The molecule has 106 valence electrons. The SMILES string of the molecule is CCC1CC2CC1CCCCCCc1ncn(n1)C2. The number of aromatic nitrogens is 3. The Morgan fingerprint density at radius 3 is 3.00 bits per heavy atom. The number of rotatable bonds is 1. The molecule has 0 radical (unpaired) electrons. The van der Waals surface area contributed by atoms with E-state index in [-0.39, 0.29) is 0 Å². The van der Waals surface area contributed by atoms with E-state index < -0.39 is 0 Å². The quantitative estimate of drug-likeness (QED) is 0.769. The Kier molecular flexibility index (Phi) is 4.19. The Morgan fingerprint density at radius 2 is 2.11 bits per heavy atom. The summed E-state index contributed by atoms with van der Waals surface area (Å²) >= 11 is 0. The van der Waals surface area contributed by atoms with Crippen molar-refractivity contribution in [1.29, 1.82) is 0 Å². The van der Waals surface area contributed by atoms with Gasteiger partial charge in [0, 0.05) is 13.0 Å². The highest BCUT2D eigenvalue weighted by atomic mass is 15.3. The van der Waals surface area contributed by atoms with Gasteiger partial charge >= 0.3 is 0 Å². The van der Waals surface area contributed by atoms with E-state index >= 15 is 0 Å². The lowest BCUT2D eigenvalue weighted by molar-refractivity contribution is 0.342. The van der Waals surface area contributed by atoms with E-state index in [9.17, 15) is 0 Å². The molecule has 1 saturated carbocycles. The van der Waals surface area contributed by atoms with Crippen molar-refractivity contribution in [3.05, 3.63) is 12.2 Å². The highest BCUT2D eigenvalue weighted by Crippen LogP contribution is 2.41. The smallest absolute Gasteiger partial charge is 0.150 e. The molecule has 0 aromatic carbocycles. The van der Waals surface area contributed by atoms with E-state index in [1.165, 1.54) is 51.4 Å². The summed E-state index contributed by atoms with van der Waals surface area (Å²) in [5.41, 5.74) is 0. The van der Waals surface area contributed by atoms with E-state index in [4.69, 9.17) is 0 Å². The molecule has 3 heteroatoms. The van der Waals surface area contributed by atoms with Crippen LogP contribution in [-0.2, 0) is 13.0 Å². The molecule has 1 aliphatic heterocycles. The van der Waals surface area contributed by atoms with Gasteiger partial charge in [0.15, 0.2) is 5.82 Å². The van der Waals surface area contributed by atoms with Crippen LogP contribution in [0, 0.1) is 17.8 Å². The van der Waals surface area contributed by atoms with E-state index in [2.05, 4.69) is 21.7 Å². The second-order valence-electron chi connectivity index (χ2n) is 6.60. The molecule has 0 spiro atoms. The van der Waals surface area contributed by atoms with Crippen LogP contribution in [0.2, 0.25) is 0 Å². The minimum absolute atomic E-state index is 0.838. The average molecular weight is 261 g/mol. The summed E-state index contributed by atoms with van der Waals surface area (Å²) in [6, 6.07) is 0. The maximum absolute atomic E-state index is 4.65. The van der Waals surface area contributed by atoms with Crippen molar-refractivity contribution in [2.45, 2.75) is 71.3 Å². The normalized spacial score (nSPS) is 32.4. The summed E-state index contributed by atoms with van der Waals surface area (Å²) in [7, 11) is 0. The summed E-state index contributed by atoms with van der Waals surface area (Å²) < 4.78 is 2.10. The predicted molar refractivity (Wildman–Crippen MR) is 76.8 cm³/mol. The molecule has 4 bridgehead atoms. The fourth-order valence-electron chi connectivity index (χ4n) is 4.18. The zero-order valence-corrected chi connectivity index (χ0v) is 12.2. The molecular weight excluding hydrogens is 234 g/mol. The molecular formula is C16H27N3. The van der Waals surface area contributed by atoms with Crippen LogP contribution in [0.25, 0.3) is 0 Å². The van der Waals surface area contributed by atoms with Gasteiger partial charge in [-0.2, -0.15) is 5.10 Å². The molecule has 1 aromatic rings. The minimum atomic E-state index is 0.838. The van der Waals surface area contributed by atoms with Crippen LogP contribution in [0.4, 0.5) is 0 Å². The van der Waals surface area contributed by atoms with Gasteiger partial charge in [0.1, 0.15) is 6.33 Å². The number of aryl methyl sites for hydroxylation is 1. The van der Waals surface area contributed by atoms with Crippen molar-refractivity contribution < 1.29 is 0 Å². The van der Waals surface area contributed by atoms with Gasteiger partial charge in [-0.3, -0.25) is 4.68 Å². The Bertz CT molecular complexity index is 398. The Hall–Kier alpha value is -0.860. The molecule has 3 atom stereocenters. The maximum Gasteiger partial charge on any atom is 0.150 e. The van der Waals surface area contributed by atoms with Crippen molar-refractivity contribution >= 4 is 0 Å². The van der Waals surface area contributed by atoms with Crippen LogP contribution in [0.1, 0.15) is 64.1 Å². The molecule has 0 amide bonds. The molecule has 1 aliphatic carbocycles.